The van der Waals surface area contributed by atoms with Gasteiger partial charge < -0.3 is 15.7 Å². The van der Waals surface area contributed by atoms with Gasteiger partial charge in [0.2, 0.25) is 0 Å². The summed E-state index contributed by atoms with van der Waals surface area (Å²) in [5.41, 5.74) is 5.19. The molecule has 0 aromatic rings. The van der Waals surface area contributed by atoms with Gasteiger partial charge in [-0.15, -0.1) is 0 Å². The molecule has 4 heteroatoms. The number of carboxylic acid groups (broad SMARTS) is 1. The van der Waals surface area contributed by atoms with E-state index in [4.69, 9.17) is 10.8 Å². The fraction of sp³-hybridized carbons (Fsp3) is 0.933. The molecule has 0 bridgehead atoms. The minimum Gasteiger partial charge on any atom is -0.480 e. The molecule has 1 fully saturated rings. The molecular weight excluding hydrogens is 240 g/mol. The molecule has 19 heavy (non-hydrogen) atoms. The standard InChI is InChI=1S/C15H30N2O2/c1-4-14(2)8-11-17(12-9-14)10-6-5-7-15(3,16)13(18)19/h4-12,16H2,1-3H3,(H,18,19). The number of aliphatic carboxylic acids is 1. The van der Waals surface area contributed by atoms with E-state index >= 15 is 0 Å². The average molecular weight is 270 g/mol. The maximum atomic E-state index is 10.9. The molecule has 0 aromatic carbocycles. The molecule has 0 aromatic heterocycles. The van der Waals surface area contributed by atoms with Gasteiger partial charge in [-0.05, 0) is 64.1 Å². The summed E-state index contributed by atoms with van der Waals surface area (Å²) in [6.45, 7) is 9.71. The van der Waals surface area contributed by atoms with Crippen LogP contribution in [0.25, 0.3) is 0 Å². The van der Waals surface area contributed by atoms with Crippen LogP contribution in [0.1, 0.15) is 59.3 Å². The fourth-order valence-electron chi connectivity index (χ4n) is 2.60. The van der Waals surface area contributed by atoms with E-state index < -0.39 is 11.5 Å². The van der Waals surface area contributed by atoms with Crippen molar-refractivity contribution in [3.8, 4) is 0 Å². The van der Waals surface area contributed by atoms with Gasteiger partial charge in [0.25, 0.3) is 0 Å². The molecule has 1 saturated heterocycles. The first-order chi connectivity index (χ1) is 8.79. The summed E-state index contributed by atoms with van der Waals surface area (Å²) in [5, 5.41) is 8.94. The van der Waals surface area contributed by atoms with Gasteiger partial charge in [0.15, 0.2) is 0 Å². The molecule has 0 aliphatic carbocycles. The van der Waals surface area contributed by atoms with Crippen molar-refractivity contribution in [2.75, 3.05) is 19.6 Å². The molecule has 1 atom stereocenters. The Balaban J connectivity index is 2.17. The molecule has 112 valence electrons. The first kappa shape index (κ1) is 16.4. The largest absolute Gasteiger partial charge is 0.480 e. The van der Waals surface area contributed by atoms with Gasteiger partial charge in [-0.3, -0.25) is 4.79 Å². The van der Waals surface area contributed by atoms with Gasteiger partial charge in [-0.2, -0.15) is 0 Å². The van der Waals surface area contributed by atoms with E-state index in [9.17, 15) is 4.79 Å². The van der Waals surface area contributed by atoms with Crippen molar-refractivity contribution in [3.63, 3.8) is 0 Å². The summed E-state index contributed by atoms with van der Waals surface area (Å²) >= 11 is 0. The highest BCUT2D eigenvalue weighted by atomic mass is 16.4. The number of hydrogen-bond donors (Lipinski definition) is 2. The number of piperidine rings is 1. The molecule has 0 amide bonds. The van der Waals surface area contributed by atoms with Crippen LogP contribution in [0.2, 0.25) is 0 Å². The second-order valence-electron chi connectivity index (χ2n) is 6.69. The van der Waals surface area contributed by atoms with Crippen LogP contribution in [0.15, 0.2) is 0 Å². The topological polar surface area (TPSA) is 66.6 Å². The van der Waals surface area contributed by atoms with E-state index in [0.717, 1.165) is 19.4 Å². The Morgan fingerprint density at radius 1 is 1.37 bits per heavy atom. The lowest BCUT2D eigenvalue weighted by molar-refractivity contribution is -0.142. The number of carbonyl (C=O) groups is 1. The number of nitrogens with two attached hydrogens (primary N) is 1. The predicted molar refractivity (Wildman–Crippen MR) is 78.2 cm³/mol. The lowest BCUT2D eigenvalue weighted by atomic mass is 9.78. The lowest BCUT2D eigenvalue weighted by Gasteiger charge is -2.39. The Kier molecular flexibility index (Phi) is 5.81. The number of likely N-dealkylation sites (tertiary alicyclic amines) is 1. The number of nitrogens with zero attached hydrogens (tertiary/aromatic N) is 1. The first-order valence-electron chi connectivity index (χ1n) is 7.54. The second kappa shape index (κ2) is 6.71. The van der Waals surface area contributed by atoms with Crippen LogP contribution in [-0.4, -0.2) is 41.1 Å². The second-order valence-corrected chi connectivity index (χ2v) is 6.69. The lowest BCUT2D eigenvalue weighted by Crippen LogP contribution is -2.44. The predicted octanol–water partition coefficient (Wildman–Crippen LogP) is 2.47. The maximum Gasteiger partial charge on any atom is 0.323 e. The average Bonchev–Trinajstić information content (AvgIpc) is 2.37. The molecule has 0 saturated carbocycles. The third-order valence-corrected chi connectivity index (χ3v) is 4.83. The highest BCUT2D eigenvalue weighted by Crippen LogP contribution is 2.33. The number of hydrogen-bond acceptors (Lipinski definition) is 3. The van der Waals surface area contributed by atoms with Crippen molar-refractivity contribution in [1.82, 2.24) is 4.90 Å². The number of unbranched alkanes of at least 4 members (excludes halogenated alkanes) is 1. The summed E-state index contributed by atoms with van der Waals surface area (Å²) in [6, 6.07) is 0. The third kappa shape index (κ3) is 5.11. The number of rotatable bonds is 7. The van der Waals surface area contributed by atoms with Crippen LogP contribution in [0.4, 0.5) is 0 Å². The van der Waals surface area contributed by atoms with Crippen LogP contribution in [0.5, 0.6) is 0 Å². The van der Waals surface area contributed by atoms with Crippen molar-refractivity contribution in [3.05, 3.63) is 0 Å². The van der Waals surface area contributed by atoms with Gasteiger partial charge in [-0.1, -0.05) is 20.3 Å². The van der Waals surface area contributed by atoms with Crippen LogP contribution >= 0.6 is 0 Å². The monoisotopic (exact) mass is 270 g/mol. The Morgan fingerprint density at radius 3 is 2.42 bits per heavy atom. The Labute approximate surface area is 117 Å². The summed E-state index contributed by atoms with van der Waals surface area (Å²) in [7, 11) is 0. The van der Waals surface area contributed by atoms with Crippen molar-refractivity contribution in [2.45, 2.75) is 64.8 Å². The molecule has 0 radical (unpaired) electrons. The molecule has 1 heterocycles. The normalized spacial score (nSPS) is 22.9. The molecule has 1 rings (SSSR count). The summed E-state index contributed by atoms with van der Waals surface area (Å²) < 4.78 is 0. The van der Waals surface area contributed by atoms with E-state index in [1.807, 2.05) is 0 Å². The van der Waals surface area contributed by atoms with E-state index in [2.05, 4.69) is 18.7 Å². The van der Waals surface area contributed by atoms with Crippen molar-refractivity contribution >= 4 is 5.97 Å². The highest BCUT2D eigenvalue weighted by molar-refractivity contribution is 5.77. The molecular formula is C15H30N2O2. The molecule has 1 aliphatic heterocycles. The Morgan fingerprint density at radius 2 is 1.95 bits per heavy atom. The van der Waals surface area contributed by atoms with E-state index in [1.54, 1.807) is 6.92 Å². The Hall–Kier alpha value is -0.610. The van der Waals surface area contributed by atoms with E-state index in [-0.39, 0.29) is 0 Å². The first-order valence-corrected chi connectivity index (χ1v) is 7.54. The van der Waals surface area contributed by atoms with Gasteiger partial charge in [-0.25, -0.2) is 0 Å². The summed E-state index contributed by atoms with van der Waals surface area (Å²) in [6.07, 6.45) is 6.33. The zero-order valence-electron chi connectivity index (χ0n) is 12.7. The van der Waals surface area contributed by atoms with Crippen LogP contribution in [-0.2, 0) is 4.79 Å². The highest BCUT2D eigenvalue weighted by Gasteiger charge is 2.29. The third-order valence-electron chi connectivity index (χ3n) is 4.83. The van der Waals surface area contributed by atoms with E-state index in [0.29, 0.717) is 11.8 Å². The Bertz CT molecular complexity index is 295. The molecule has 0 spiro atoms. The summed E-state index contributed by atoms with van der Waals surface area (Å²) in [4.78, 5) is 13.4. The quantitative estimate of drug-likeness (QED) is 0.697. The van der Waals surface area contributed by atoms with Gasteiger partial charge in [0.1, 0.15) is 5.54 Å². The van der Waals surface area contributed by atoms with Crippen LogP contribution in [0.3, 0.4) is 0 Å². The molecule has 1 unspecified atom stereocenters. The van der Waals surface area contributed by atoms with Gasteiger partial charge >= 0.3 is 5.97 Å². The SMILES string of the molecule is CCC1(C)CCN(CCCCC(C)(N)C(=O)O)CC1. The molecule has 1 aliphatic rings. The van der Waals surface area contributed by atoms with E-state index in [1.165, 1.54) is 32.4 Å². The van der Waals surface area contributed by atoms with Gasteiger partial charge in [0, 0.05) is 0 Å². The molecule has 3 N–H and O–H groups in total. The zero-order chi connectivity index (χ0) is 14.5. The minimum absolute atomic E-state index is 0.537. The smallest absolute Gasteiger partial charge is 0.323 e. The number of carboxylic acids is 1. The van der Waals surface area contributed by atoms with Crippen molar-refractivity contribution < 1.29 is 9.90 Å². The maximum absolute atomic E-state index is 10.9. The van der Waals surface area contributed by atoms with Crippen LogP contribution < -0.4 is 5.73 Å². The van der Waals surface area contributed by atoms with Crippen molar-refractivity contribution in [1.29, 1.82) is 0 Å². The van der Waals surface area contributed by atoms with Crippen molar-refractivity contribution in [2.24, 2.45) is 11.1 Å². The fourth-order valence-corrected chi connectivity index (χ4v) is 2.60. The summed E-state index contributed by atoms with van der Waals surface area (Å²) in [5.74, 6) is -0.899. The zero-order valence-corrected chi connectivity index (χ0v) is 12.7. The van der Waals surface area contributed by atoms with Crippen LogP contribution in [0, 0.1) is 5.41 Å². The van der Waals surface area contributed by atoms with Gasteiger partial charge in [0.05, 0.1) is 0 Å². The molecule has 4 nitrogen and oxygen atoms in total. The minimum atomic E-state index is -1.07.